The second-order valence-corrected chi connectivity index (χ2v) is 5.29. The number of nitrogens with zero attached hydrogens (tertiary/aromatic N) is 2. The van der Waals surface area contributed by atoms with Crippen molar-refractivity contribution < 1.29 is 4.74 Å². The number of aromatic nitrogens is 2. The van der Waals surface area contributed by atoms with Crippen LogP contribution in [0.2, 0.25) is 0 Å². The highest BCUT2D eigenvalue weighted by Gasteiger charge is 2.17. The molecule has 0 aliphatic carbocycles. The Morgan fingerprint density at radius 2 is 2.20 bits per heavy atom. The summed E-state index contributed by atoms with van der Waals surface area (Å²) in [7, 11) is 2.04. The van der Waals surface area contributed by atoms with E-state index in [9.17, 15) is 0 Å². The lowest BCUT2D eigenvalue weighted by Crippen LogP contribution is -2.24. The van der Waals surface area contributed by atoms with Crippen molar-refractivity contribution in [2.45, 2.75) is 32.6 Å². The van der Waals surface area contributed by atoms with Crippen LogP contribution in [0.3, 0.4) is 0 Å². The standard InChI is InChI=1S/C16H21N3O/c1-3-17-15(9-16-18-6-7-19(16)2)12-4-5-13-10-20-11-14(13)8-12/h4-8,15,17H,3,9-11H2,1-2H3. The first-order valence-electron chi connectivity index (χ1n) is 7.17. The summed E-state index contributed by atoms with van der Waals surface area (Å²) < 4.78 is 7.58. The number of imidazole rings is 1. The summed E-state index contributed by atoms with van der Waals surface area (Å²) >= 11 is 0. The minimum atomic E-state index is 0.298. The van der Waals surface area contributed by atoms with Gasteiger partial charge in [0.2, 0.25) is 0 Å². The average Bonchev–Trinajstić information content (AvgIpc) is 3.06. The molecule has 2 aromatic rings. The summed E-state index contributed by atoms with van der Waals surface area (Å²) in [5.41, 5.74) is 3.96. The fraction of sp³-hybridized carbons (Fsp3) is 0.438. The molecule has 106 valence electrons. The Balaban J connectivity index is 1.84. The smallest absolute Gasteiger partial charge is 0.110 e. The third kappa shape index (κ3) is 2.62. The molecule has 1 aromatic carbocycles. The van der Waals surface area contributed by atoms with Crippen LogP contribution in [0, 0.1) is 0 Å². The lowest BCUT2D eigenvalue weighted by Gasteiger charge is -2.19. The Morgan fingerprint density at radius 3 is 2.95 bits per heavy atom. The van der Waals surface area contributed by atoms with E-state index in [1.807, 2.05) is 19.4 Å². The van der Waals surface area contributed by atoms with Gasteiger partial charge in [0.1, 0.15) is 5.82 Å². The van der Waals surface area contributed by atoms with Gasteiger partial charge in [-0.05, 0) is 23.2 Å². The van der Waals surface area contributed by atoms with Gasteiger partial charge in [-0.1, -0.05) is 25.1 Å². The molecule has 0 saturated heterocycles. The maximum Gasteiger partial charge on any atom is 0.110 e. The summed E-state index contributed by atoms with van der Waals surface area (Å²) in [6, 6.07) is 6.98. The lowest BCUT2D eigenvalue weighted by atomic mass is 9.98. The van der Waals surface area contributed by atoms with Crippen molar-refractivity contribution in [1.29, 1.82) is 0 Å². The van der Waals surface area contributed by atoms with Crippen molar-refractivity contribution in [3.63, 3.8) is 0 Å². The van der Waals surface area contributed by atoms with Crippen LogP contribution in [0.4, 0.5) is 0 Å². The Bertz CT molecular complexity index is 591. The molecule has 1 unspecified atom stereocenters. The number of rotatable bonds is 5. The molecule has 0 saturated carbocycles. The number of benzene rings is 1. The Labute approximate surface area is 119 Å². The summed E-state index contributed by atoms with van der Waals surface area (Å²) in [4.78, 5) is 4.43. The van der Waals surface area contributed by atoms with E-state index in [4.69, 9.17) is 4.74 Å². The van der Waals surface area contributed by atoms with Crippen molar-refractivity contribution in [3.05, 3.63) is 53.1 Å². The van der Waals surface area contributed by atoms with Crippen LogP contribution in [0.15, 0.2) is 30.6 Å². The van der Waals surface area contributed by atoms with Gasteiger partial charge in [0, 0.05) is 31.9 Å². The number of hydrogen-bond acceptors (Lipinski definition) is 3. The van der Waals surface area contributed by atoms with Gasteiger partial charge < -0.3 is 14.6 Å². The number of aryl methyl sites for hydroxylation is 1. The second-order valence-electron chi connectivity index (χ2n) is 5.29. The maximum absolute atomic E-state index is 5.50. The van der Waals surface area contributed by atoms with E-state index in [1.165, 1.54) is 16.7 Å². The summed E-state index contributed by atoms with van der Waals surface area (Å²) in [6.45, 7) is 4.58. The molecule has 4 nitrogen and oxygen atoms in total. The van der Waals surface area contributed by atoms with Crippen molar-refractivity contribution in [2.75, 3.05) is 6.54 Å². The van der Waals surface area contributed by atoms with Crippen molar-refractivity contribution >= 4 is 0 Å². The lowest BCUT2D eigenvalue weighted by molar-refractivity contribution is 0.134. The molecule has 20 heavy (non-hydrogen) atoms. The Hall–Kier alpha value is -1.65. The molecule has 1 aliphatic heterocycles. The summed E-state index contributed by atoms with van der Waals surface area (Å²) in [5, 5.41) is 3.56. The number of hydrogen-bond donors (Lipinski definition) is 1. The van der Waals surface area contributed by atoms with E-state index < -0.39 is 0 Å². The van der Waals surface area contributed by atoms with E-state index in [0.29, 0.717) is 6.04 Å². The van der Waals surface area contributed by atoms with Crippen LogP contribution >= 0.6 is 0 Å². The molecule has 1 aromatic heterocycles. The minimum Gasteiger partial charge on any atom is -0.372 e. The average molecular weight is 271 g/mol. The van der Waals surface area contributed by atoms with Gasteiger partial charge in [-0.2, -0.15) is 0 Å². The molecular formula is C16H21N3O. The molecule has 0 radical (unpaired) electrons. The zero-order chi connectivity index (χ0) is 13.9. The fourth-order valence-electron chi connectivity index (χ4n) is 2.74. The molecule has 0 spiro atoms. The zero-order valence-corrected chi connectivity index (χ0v) is 12.1. The van der Waals surface area contributed by atoms with Crippen molar-refractivity contribution in [2.24, 2.45) is 7.05 Å². The number of ether oxygens (including phenoxy) is 1. The van der Waals surface area contributed by atoms with E-state index in [1.54, 1.807) is 0 Å². The van der Waals surface area contributed by atoms with Crippen molar-refractivity contribution in [3.8, 4) is 0 Å². The Morgan fingerprint density at radius 1 is 1.35 bits per heavy atom. The topological polar surface area (TPSA) is 39.1 Å². The fourth-order valence-corrected chi connectivity index (χ4v) is 2.74. The van der Waals surface area contributed by atoms with Gasteiger partial charge in [-0.3, -0.25) is 0 Å². The van der Waals surface area contributed by atoms with Gasteiger partial charge in [0.15, 0.2) is 0 Å². The van der Waals surface area contributed by atoms with Gasteiger partial charge >= 0.3 is 0 Å². The minimum absolute atomic E-state index is 0.298. The molecule has 2 heterocycles. The first kappa shape index (κ1) is 13.3. The van der Waals surface area contributed by atoms with Crippen LogP contribution in [-0.4, -0.2) is 16.1 Å². The molecule has 0 fully saturated rings. The van der Waals surface area contributed by atoms with Crippen molar-refractivity contribution in [1.82, 2.24) is 14.9 Å². The SMILES string of the molecule is CCNC(Cc1nccn1C)c1ccc2c(c1)COC2. The van der Waals surface area contributed by atoms with Crippen LogP contribution in [0.25, 0.3) is 0 Å². The molecular weight excluding hydrogens is 250 g/mol. The summed E-state index contributed by atoms with van der Waals surface area (Å²) in [6.07, 6.45) is 4.75. The number of fused-ring (bicyclic) bond motifs is 1. The zero-order valence-electron chi connectivity index (χ0n) is 12.1. The van der Waals surface area contributed by atoms with E-state index in [-0.39, 0.29) is 0 Å². The molecule has 1 aliphatic rings. The predicted octanol–water partition coefficient (Wildman–Crippen LogP) is 2.34. The third-order valence-electron chi connectivity index (χ3n) is 3.91. The van der Waals surface area contributed by atoms with Crippen LogP contribution in [0.1, 0.15) is 35.5 Å². The Kier molecular flexibility index (Phi) is 3.85. The second kappa shape index (κ2) is 5.77. The number of nitrogens with one attached hydrogen (secondary N) is 1. The maximum atomic E-state index is 5.50. The van der Waals surface area contributed by atoms with Gasteiger partial charge in [0.25, 0.3) is 0 Å². The van der Waals surface area contributed by atoms with Crippen LogP contribution in [-0.2, 0) is 31.4 Å². The van der Waals surface area contributed by atoms with Gasteiger partial charge in [0.05, 0.1) is 13.2 Å². The van der Waals surface area contributed by atoms with E-state index in [0.717, 1.165) is 32.0 Å². The first-order chi connectivity index (χ1) is 9.78. The molecule has 3 rings (SSSR count). The molecule has 0 bridgehead atoms. The predicted molar refractivity (Wildman–Crippen MR) is 78.3 cm³/mol. The first-order valence-corrected chi connectivity index (χ1v) is 7.17. The highest BCUT2D eigenvalue weighted by molar-refractivity contribution is 5.35. The number of likely N-dealkylation sites (N-methyl/N-ethyl adjacent to an activating group) is 1. The molecule has 1 atom stereocenters. The normalized spacial score (nSPS) is 15.3. The van der Waals surface area contributed by atoms with Gasteiger partial charge in [-0.25, -0.2) is 4.98 Å². The monoisotopic (exact) mass is 271 g/mol. The quantitative estimate of drug-likeness (QED) is 0.907. The van der Waals surface area contributed by atoms with Crippen LogP contribution in [0.5, 0.6) is 0 Å². The largest absolute Gasteiger partial charge is 0.372 e. The van der Waals surface area contributed by atoms with Gasteiger partial charge in [-0.15, -0.1) is 0 Å². The molecule has 4 heteroatoms. The van der Waals surface area contributed by atoms with E-state index in [2.05, 4.69) is 40.0 Å². The molecule has 1 N–H and O–H groups in total. The highest BCUT2D eigenvalue weighted by atomic mass is 16.5. The third-order valence-corrected chi connectivity index (χ3v) is 3.91. The summed E-state index contributed by atoms with van der Waals surface area (Å²) in [5.74, 6) is 1.10. The van der Waals surface area contributed by atoms with E-state index >= 15 is 0 Å². The molecule has 0 amide bonds. The van der Waals surface area contributed by atoms with Crippen LogP contribution < -0.4 is 5.32 Å². The highest BCUT2D eigenvalue weighted by Crippen LogP contribution is 2.25.